The number of carbonyl (C=O) groups excluding carboxylic acids is 1. The van der Waals surface area contributed by atoms with Crippen molar-refractivity contribution < 1.29 is 9.90 Å². The van der Waals surface area contributed by atoms with Crippen LogP contribution in [0.4, 0.5) is 5.69 Å². The zero-order valence-electron chi connectivity index (χ0n) is 11.9. The number of halogens is 1. The summed E-state index contributed by atoms with van der Waals surface area (Å²) in [5.41, 5.74) is 1.98. The average Bonchev–Trinajstić information content (AvgIpc) is 2.47. The molecule has 0 unspecified atom stereocenters. The van der Waals surface area contributed by atoms with E-state index in [9.17, 15) is 9.90 Å². The SMILES string of the molecule is CN(C)C(=O)c1ccc(Cl)c(NCc2ccccc2O)c1. The Morgan fingerprint density at radius 1 is 1.24 bits per heavy atom. The summed E-state index contributed by atoms with van der Waals surface area (Å²) >= 11 is 6.14. The third kappa shape index (κ3) is 3.67. The zero-order valence-corrected chi connectivity index (χ0v) is 12.7. The van der Waals surface area contributed by atoms with Gasteiger partial charge in [0.15, 0.2) is 0 Å². The van der Waals surface area contributed by atoms with Crippen molar-refractivity contribution in [3.05, 3.63) is 58.6 Å². The monoisotopic (exact) mass is 304 g/mol. The molecule has 2 rings (SSSR count). The van der Waals surface area contributed by atoms with E-state index in [0.717, 1.165) is 5.56 Å². The molecule has 1 amide bonds. The van der Waals surface area contributed by atoms with Crippen molar-refractivity contribution in [1.82, 2.24) is 4.90 Å². The van der Waals surface area contributed by atoms with Gasteiger partial charge in [-0.15, -0.1) is 0 Å². The van der Waals surface area contributed by atoms with Gasteiger partial charge < -0.3 is 15.3 Å². The molecule has 0 bridgehead atoms. The maximum absolute atomic E-state index is 12.0. The standard InChI is InChI=1S/C16H17ClN2O2/c1-19(2)16(21)11-7-8-13(17)14(9-11)18-10-12-5-3-4-6-15(12)20/h3-9,18,20H,10H2,1-2H3. The molecule has 0 aliphatic carbocycles. The molecule has 0 saturated carbocycles. The van der Waals surface area contributed by atoms with Crippen LogP contribution in [-0.2, 0) is 6.54 Å². The fraction of sp³-hybridized carbons (Fsp3) is 0.188. The maximum atomic E-state index is 12.0. The van der Waals surface area contributed by atoms with Crippen molar-refractivity contribution in [2.45, 2.75) is 6.54 Å². The molecule has 2 aromatic rings. The van der Waals surface area contributed by atoms with E-state index in [0.29, 0.717) is 22.8 Å². The lowest BCUT2D eigenvalue weighted by molar-refractivity contribution is 0.0827. The Bertz CT molecular complexity index is 656. The van der Waals surface area contributed by atoms with E-state index >= 15 is 0 Å². The molecule has 0 atom stereocenters. The van der Waals surface area contributed by atoms with Gasteiger partial charge in [-0.1, -0.05) is 29.8 Å². The third-order valence-electron chi connectivity index (χ3n) is 3.08. The number of aromatic hydroxyl groups is 1. The van der Waals surface area contributed by atoms with Crippen molar-refractivity contribution in [3.63, 3.8) is 0 Å². The fourth-order valence-corrected chi connectivity index (χ4v) is 2.09. The van der Waals surface area contributed by atoms with E-state index in [1.165, 1.54) is 4.90 Å². The molecule has 4 nitrogen and oxygen atoms in total. The first kappa shape index (κ1) is 15.2. The van der Waals surface area contributed by atoms with Crippen LogP contribution in [0.5, 0.6) is 5.75 Å². The van der Waals surface area contributed by atoms with E-state index in [1.54, 1.807) is 44.4 Å². The molecular weight excluding hydrogens is 288 g/mol. The Hall–Kier alpha value is -2.20. The predicted octanol–water partition coefficient (Wildman–Crippen LogP) is 3.36. The summed E-state index contributed by atoms with van der Waals surface area (Å²) in [4.78, 5) is 13.5. The molecule has 0 spiro atoms. The van der Waals surface area contributed by atoms with E-state index in [-0.39, 0.29) is 11.7 Å². The number of benzene rings is 2. The lowest BCUT2D eigenvalue weighted by Crippen LogP contribution is -2.21. The van der Waals surface area contributed by atoms with Gasteiger partial charge in [-0.3, -0.25) is 4.79 Å². The molecule has 0 aliphatic heterocycles. The lowest BCUT2D eigenvalue weighted by atomic mass is 10.1. The van der Waals surface area contributed by atoms with Crippen LogP contribution in [0.25, 0.3) is 0 Å². The van der Waals surface area contributed by atoms with Gasteiger partial charge in [0.05, 0.1) is 10.7 Å². The number of nitrogens with zero attached hydrogens (tertiary/aromatic N) is 1. The Morgan fingerprint density at radius 3 is 2.62 bits per heavy atom. The number of para-hydroxylation sites is 1. The highest BCUT2D eigenvalue weighted by molar-refractivity contribution is 6.33. The van der Waals surface area contributed by atoms with Crippen LogP contribution in [0.15, 0.2) is 42.5 Å². The summed E-state index contributed by atoms with van der Waals surface area (Å²) < 4.78 is 0. The molecule has 0 radical (unpaired) electrons. The van der Waals surface area contributed by atoms with Gasteiger partial charge >= 0.3 is 0 Å². The molecule has 0 saturated heterocycles. The van der Waals surface area contributed by atoms with Crippen LogP contribution in [0.3, 0.4) is 0 Å². The smallest absolute Gasteiger partial charge is 0.253 e. The van der Waals surface area contributed by atoms with Crippen LogP contribution in [-0.4, -0.2) is 30.0 Å². The van der Waals surface area contributed by atoms with E-state index in [1.807, 2.05) is 12.1 Å². The minimum Gasteiger partial charge on any atom is -0.508 e. The number of nitrogens with one attached hydrogen (secondary N) is 1. The number of phenols is 1. The quantitative estimate of drug-likeness (QED) is 0.910. The molecule has 0 aliphatic rings. The van der Waals surface area contributed by atoms with Crippen molar-refractivity contribution >= 4 is 23.2 Å². The van der Waals surface area contributed by atoms with Crippen molar-refractivity contribution in [1.29, 1.82) is 0 Å². The molecule has 0 fully saturated rings. The summed E-state index contributed by atoms with van der Waals surface area (Å²) in [6.07, 6.45) is 0. The number of amides is 1. The largest absolute Gasteiger partial charge is 0.508 e. The Morgan fingerprint density at radius 2 is 1.95 bits per heavy atom. The third-order valence-corrected chi connectivity index (χ3v) is 3.41. The van der Waals surface area contributed by atoms with Crippen molar-refractivity contribution in [3.8, 4) is 5.75 Å². The van der Waals surface area contributed by atoms with Crippen molar-refractivity contribution in [2.24, 2.45) is 0 Å². The molecule has 5 heteroatoms. The first-order chi connectivity index (χ1) is 9.99. The number of carbonyl (C=O) groups is 1. The summed E-state index contributed by atoms with van der Waals surface area (Å²) in [6, 6.07) is 12.2. The molecule has 21 heavy (non-hydrogen) atoms. The maximum Gasteiger partial charge on any atom is 0.253 e. The van der Waals surface area contributed by atoms with E-state index in [4.69, 9.17) is 11.6 Å². The van der Waals surface area contributed by atoms with Crippen molar-refractivity contribution in [2.75, 3.05) is 19.4 Å². The number of anilines is 1. The number of rotatable bonds is 4. The molecule has 0 heterocycles. The van der Waals surface area contributed by atoms with Gasteiger partial charge in [0.25, 0.3) is 5.91 Å². The van der Waals surface area contributed by atoms with E-state index in [2.05, 4.69) is 5.32 Å². The second-order valence-corrected chi connectivity index (χ2v) is 5.28. The van der Waals surface area contributed by atoms with Gasteiger partial charge in [0, 0.05) is 31.8 Å². The topological polar surface area (TPSA) is 52.6 Å². The lowest BCUT2D eigenvalue weighted by Gasteiger charge is -2.14. The first-order valence-electron chi connectivity index (χ1n) is 6.51. The van der Waals surface area contributed by atoms with Crippen LogP contribution in [0.1, 0.15) is 15.9 Å². The molecular formula is C16H17ClN2O2. The Labute approximate surface area is 129 Å². The predicted molar refractivity (Wildman–Crippen MR) is 84.9 cm³/mol. The average molecular weight is 305 g/mol. The summed E-state index contributed by atoms with van der Waals surface area (Å²) in [7, 11) is 3.40. The van der Waals surface area contributed by atoms with Gasteiger partial charge in [-0.05, 0) is 24.3 Å². The summed E-state index contributed by atoms with van der Waals surface area (Å²) in [6.45, 7) is 0.423. The highest BCUT2D eigenvalue weighted by Crippen LogP contribution is 2.25. The van der Waals surface area contributed by atoms with Crippen LogP contribution in [0, 0.1) is 0 Å². The molecule has 0 aromatic heterocycles. The highest BCUT2D eigenvalue weighted by Gasteiger charge is 2.11. The Balaban J connectivity index is 2.18. The summed E-state index contributed by atoms with van der Waals surface area (Å²) in [5, 5.41) is 13.4. The van der Waals surface area contributed by atoms with Gasteiger partial charge in [-0.25, -0.2) is 0 Å². The number of phenolic OH excluding ortho intramolecular Hbond substituents is 1. The molecule has 110 valence electrons. The molecule has 2 N–H and O–H groups in total. The minimum absolute atomic E-state index is 0.0859. The normalized spacial score (nSPS) is 10.2. The highest BCUT2D eigenvalue weighted by atomic mass is 35.5. The van der Waals surface area contributed by atoms with Crippen LogP contribution >= 0.6 is 11.6 Å². The second-order valence-electron chi connectivity index (χ2n) is 4.88. The zero-order chi connectivity index (χ0) is 15.4. The van der Waals surface area contributed by atoms with Crippen LogP contribution in [0.2, 0.25) is 5.02 Å². The van der Waals surface area contributed by atoms with E-state index < -0.39 is 0 Å². The van der Waals surface area contributed by atoms with Gasteiger partial charge in [0.1, 0.15) is 5.75 Å². The first-order valence-corrected chi connectivity index (χ1v) is 6.89. The number of hydrogen-bond acceptors (Lipinski definition) is 3. The van der Waals surface area contributed by atoms with Gasteiger partial charge in [0.2, 0.25) is 0 Å². The van der Waals surface area contributed by atoms with Gasteiger partial charge in [-0.2, -0.15) is 0 Å². The molecule has 2 aromatic carbocycles. The Kier molecular flexibility index (Phi) is 4.70. The number of hydrogen-bond donors (Lipinski definition) is 2. The summed E-state index contributed by atoms with van der Waals surface area (Å²) in [5.74, 6) is 0.138. The second kappa shape index (κ2) is 6.50. The fourth-order valence-electron chi connectivity index (χ4n) is 1.90. The van der Waals surface area contributed by atoms with Crippen LogP contribution < -0.4 is 5.32 Å². The minimum atomic E-state index is -0.0859.